The number of carbonyl (C=O) groups excluding carboxylic acids is 1. The first-order valence-electron chi connectivity index (χ1n) is 3.02. The van der Waals surface area contributed by atoms with E-state index in [2.05, 4.69) is 0 Å². The van der Waals surface area contributed by atoms with Gasteiger partial charge >= 0.3 is 0 Å². The second-order valence-electron chi connectivity index (χ2n) is 1.68. The number of rotatable bonds is 5. The van der Waals surface area contributed by atoms with Crippen molar-refractivity contribution in [3.63, 3.8) is 0 Å². The number of carbonyl (C=O) groups is 1. The highest BCUT2D eigenvalue weighted by atomic mass is 16.5. The average Bonchev–Trinajstić information content (AvgIpc) is 1.91. The third kappa shape index (κ3) is 4.12. The molecule has 0 amide bonds. The molecule has 0 rings (SSSR count). The first kappa shape index (κ1) is 8.59. The summed E-state index contributed by atoms with van der Waals surface area (Å²) in [6, 6.07) is 0. The van der Waals surface area contributed by atoms with Gasteiger partial charge in [-0.1, -0.05) is 6.92 Å². The van der Waals surface area contributed by atoms with Crippen LogP contribution in [0.25, 0.3) is 0 Å². The van der Waals surface area contributed by atoms with E-state index in [0.29, 0.717) is 6.42 Å². The lowest BCUT2D eigenvalue weighted by atomic mass is 10.3. The molecule has 1 unspecified atom stereocenters. The Hall–Kier alpha value is -0.410. The molecule has 0 saturated carbocycles. The minimum Gasteiger partial charge on any atom is -0.394 e. The predicted octanol–water partition coefficient (Wildman–Crippen LogP) is -0.0272. The fraction of sp³-hybridized carbons (Fsp3) is 0.833. The minimum absolute atomic E-state index is 0.0235. The quantitative estimate of drug-likeness (QED) is 0.534. The molecule has 0 bridgehead atoms. The van der Waals surface area contributed by atoms with Gasteiger partial charge in [-0.2, -0.15) is 0 Å². The predicted molar refractivity (Wildman–Crippen MR) is 33.2 cm³/mol. The highest BCUT2D eigenvalue weighted by molar-refractivity contribution is 5.55. The highest BCUT2D eigenvalue weighted by Crippen LogP contribution is 1.91. The summed E-state index contributed by atoms with van der Waals surface area (Å²) in [5, 5.41) is 8.27. The van der Waals surface area contributed by atoms with Crippen LogP contribution in [0.5, 0.6) is 0 Å². The molecule has 0 aliphatic carbocycles. The van der Waals surface area contributed by atoms with Crippen LogP contribution in [0.3, 0.4) is 0 Å². The van der Waals surface area contributed by atoms with E-state index >= 15 is 0 Å². The summed E-state index contributed by atoms with van der Waals surface area (Å²) < 4.78 is 4.87. The molecular weight excluding hydrogens is 120 g/mol. The van der Waals surface area contributed by atoms with Gasteiger partial charge in [0, 0.05) is 0 Å². The molecule has 0 fully saturated rings. The molecule has 9 heavy (non-hydrogen) atoms. The second-order valence-corrected chi connectivity index (χ2v) is 1.68. The fourth-order valence-corrected chi connectivity index (χ4v) is 0.457. The van der Waals surface area contributed by atoms with Gasteiger partial charge < -0.3 is 14.6 Å². The monoisotopic (exact) mass is 132 g/mol. The van der Waals surface area contributed by atoms with Gasteiger partial charge in [0.1, 0.15) is 12.4 Å². The van der Waals surface area contributed by atoms with E-state index in [4.69, 9.17) is 9.84 Å². The number of aldehydes is 1. The minimum atomic E-state index is -0.336. The van der Waals surface area contributed by atoms with Crippen molar-refractivity contribution in [1.29, 1.82) is 0 Å². The average molecular weight is 132 g/mol. The Bertz CT molecular complexity index is 72.7. The van der Waals surface area contributed by atoms with Crippen molar-refractivity contribution in [1.82, 2.24) is 0 Å². The molecule has 0 aromatic heterocycles. The topological polar surface area (TPSA) is 46.5 Å². The second kappa shape index (κ2) is 5.72. The molecule has 0 saturated heterocycles. The van der Waals surface area contributed by atoms with Crippen molar-refractivity contribution >= 4 is 6.29 Å². The third-order valence-corrected chi connectivity index (χ3v) is 0.977. The van der Waals surface area contributed by atoms with E-state index < -0.39 is 0 Å². The molecule has 0 aromatic carbocycles. The van der Waals surface area contributed by atoms with Gasteiger partial charge in [0.05, 0.1) is 13.2 Å². The van der Waals surface area contributed by atoms with Crippen LogP contribution < -0.4 is 0 Å². The molecule has 0 aliphatic heterocycles. The lowest BCUT2D eigenvalue weighted by Crippen LogP contribution is -2.15. The molecule has 0 radical (unpaired) electrons. The highest BCUT2D eigenvalue weighted by Gasteiger charge is 2.01. The standard InChI is InChI=1S/C6H12O3/c1-2-6(5-8)9-4-3-7/h5-7H,2-4H2,1H3. The zero-order valence-electron chi connectivity index (χ0n) is 5.54. The van der Waals surface area contributed by atoms with Gasteiger partial charge in [-0.05, 0) is 6.42 Å². The van der Waals surface area contributed by atoms with Crippen molar-refractivity contribution < 1.29 is 14.6 Å². The smallest absolute Gasteiger partial charge is 0.148 e. The van der Waals surface area contributed by atoms with Crippen molar-refractivity contribution in [2.24, 2.45) is 0 Å². The summed E-state index contributed by atoms with van der Waals surface area (Å²) in [5.41, 5.74) is 0. The first-order valence-corrected chi connectivity index (χ1v) is 3.02. The van der Waals surface area contributed by atoms with Crippen LogP contribution in [-0.2, 0) is 9.53 Å². The fourth-order valence-electron chi connectivity index (χ4n) is 0.457. The van der Waals surface area contributed by atoms with Gasteiger partial charge in [-0.3, -0.25) is 0 Å². The van der Waals surface area contributed by atoms with Crippen LogP contribution >= 0.6 is 0 Å². The van der Waals surface area contributed by atoms with Crippen LogP contribution in [0.1, 0.15) is 13.3 Å². The number of hydrogen-bond donors (Lipinski definition) is 1. The normalized spacial score (nSPS) is 13.1. The Morgan fingerprint density at radius 1 is 1.78 bits per heavy atom. The maximum Gasteiger partial charge on any atom is 0.148 e. The number of aliphatic hydroxyl groups excluding tert-OH is 1. The van der Waals surface area contributed by atoms with Crippen molar-refractivity contribution in [3.05, 3.63) is 0 Å². The Morgan fingerprint density at radius 3 is 2.78 bits per heavy atom. The molecule has 0 aromatic rings. The Morgan fingerprint density at radius 2 is 2.44 bits per heavy atom. The summed E-state index contributed by atoms with van der Waals surface area (Å²) in [5.74, 6) is 0. The van der Waals surface area contributed by atoms with E-state index in [1.54, 1.807) is 0 Å². The SMILES string of the molecule is CCC(C=O)OCCO. The number of hydrogen-bond acceptors (Lipinski definition) is 3. The van der Waals surface area contributed by atoms with Crippen LogP contribution in [0.15, 0.2) is 0 Å². The Labute approximate surface area is 54.6 Å². The molecule has 0 spiro atoms. The summed E-state index contributed by atoms with van der Waals surface area (Å²) >= 11 is 0. The van der Waals surface area contributed by atoms with Gasteiger partial charge in [-0.15, -0.1) is 0 Å². The summed E-state index contributed by atoms with van der Waals surface area (Å²) in [6.07, 6.45) is 1.08. The maximum absolute atomic E-state index is 10.0. The molecule has 0 aliphatic rings. The Balaban J connectivity index is 3.20. The van der Waals surface area contributed by atoms with Gasteiger partial charge in [0.2, 0.25) is 0 Å². The molecule has 0 heterocycles. The molecule has 1 atom stereocenters. The zero-order valence-corrected chi connectivity index (χ0v) is 5.54. The van der Waals surface area contributed by atoms with Crippen LogP contribution in [0, 0.1) is 0 Å². The number of ether oxygens (including phenoxy) is 1. The van der Waals surface area contributed by atoms with Gasteiger partial charge in [0.25, 0.3) is 0 Å². The van der Waals surface area contributed by atoms with E-state index in [9.17, 15) is 4.79 Å². The van der Waals surface area contributed by atoms with E-state index in [1.807, 2.05) is 6.92 Å². The molecular formula is C6H12O3. The zero-order chi connectivity index (χ0) is 7.11. The summed E-state index contributed by atoms with van der Waals surface area (Å²) in [4.78, 5) is 10.0. The number of aliphatic hydroxyl groups is 1. The van der Waals surface area contributed by atoms with E-state index in [0.717, 1.165) is 6.29 Å². The molecule has 1 N–H and O–H groups in total. The van der Waals surface area contributed by atoms with Gasteiger partial charge in [-0.25, -0.2) is 0 Å². The molecule has 3 nitrogen and oxygen atoms in total. The third-order valence-electron chi connectivity index (χ3n) is 0.977. The Kier molecular flexibility index (Phi) is 5.46. The summed E-state index contributed by atoms with van der Waals surface area (Å²) in [7, 11) is 0. The maximum atomic E-state index is 10.0. The van der Waals surface area contributed by atoms with Crippen LogP contribution in [0.2, 0.25) is 0 Å². The van der Waals surface area contributed by atoms with Crippen molar-refractivity contribution in [3.8, 4) is 0 Å². The largest absolute Gasteiger partial charge is 0.394 e. The molecule has 54 valence electrons. The van der Waals surface area contributed by atoms with Crippen LogP contribution in [-0.4, -0.2) is 30.7 Å². The first-order chi connectivity index (χ1) is 4.35. The van der Waals surface area contributed by atoms with Crippen molar-refractivity contribution in [2.75, 3.05) is 13.2 Å². The lowest BCUT2D eigenvalue weighted by Gasteiger charge is -2.05. The summed E-state index contributed by atoms with van der Waals surface area (Å²) in [6.45, 7) is 2.08. The van der Waals surface area contributed by atoms with E-state index in [-0.39, 0.29) is 19.3 Å². The van der Waals surface area contributed by atoms with Crippen molar-refractivity contribution in [2.45, 2.75) is 19.4 Å². The lowest BCUT2D eigenvalue weighted by molar-refractivity contribution is -0.118. The van der Waals surface area contributed by atoms with Gasteiger partial charge in [0.15, 0.2) is 0 Å². The van der Waals surface area contributed by atoms with Crippen LogP contribution in [0.4, 0.5) is 0 Å². The van der Waals surface area contributed by atoms with E-state index in [1.165, 1.54) is 0 Å². The molecule has 3 heteroatoms.